The molecule has 0 spiro atoms. The van der Waals surface area contributed by atoms with E-state index >= 15 is 0 Å². The summed E-state index contributed by atoms with van der Waals surface area (Å²) in [5, 5.41) is 8.68. The standard InChI is InChI=1S/C20H15F2N/c1-2-3-4-5-15-6-9-17(19(21)12-15)10-7-16-8-11-18(14-23)20(22)13-16/h4-6,8-9,11-13H,2-3H2,1H3. The molecule has 0 aliphatic rings. The van der Waals surface area contributed by atoms with Crippen molar-refractivity contribution in [3.8, 4) is 17.9 Å². The molecule has 0 radical (unpaired) electrons. The monoisotopic (exact) mass is 307 g/mol. The Morgan fingerprint density at radius 1 is 1.00 bits per heavy atom. The van der Waals surface area contributed by atoms with Crippen LogP contribution in [-0.4, -0.2) is 0 Å². The van der Waals surface area contributed by atoms with E-state index in [1.54, 1.807) is 18.2 Å². The van der Waals surface area contributed by atoms with Gasteiger partial charge < -0.3 is 0 Å². The van der Waals surface area contributed by atoms with Gasteiger partial charge in [-0.05, 0) is 42.3 Å². The molecule has 0 unspecified atom stereocenters. The summed E-state index contributed by atoms with van der Waals surface area (Å²) in [4.78, 5) is 0. The van der Waals surface area contributed by atoms with Crippen molar-refractivity contribution in [3.05, 3.63) is 76.4 Å². The fraction of sp³-hybridized carbons (Fsp3) is 0.150. The van der Waals surface area contributed by atoms with E-state index in [0.29, 0.717) is 5.56 Å². The van der Waals surface area contributed by atoms with E-state index in [1.165, 1.54) is 24.3 Å². The fourth-order valence-corrected chi connectivity index (χ4v) is 1.95. The topological polar surface area (TPSA) is 23.8 Å². The van der Waals surface area contributed by atoms with Crippen LogP contribution in [0.1, 0.15) is 42.0 Å². The first kappa shape index (κ1) is 16.5. The highest BCUT2D eigenvalue weighted by Gasteiger charge is 2.02. The molecule has 3 heteroatoms. The lowest BCUT2D eigenvalue weighted by atomic mass is 10.1. The number of nitriles is 1. The van der Waals surface area contributed by atoms with E-state index < -0.39 is 11.6 Å². The molecule has 1 nitrogen and oxygen atoms in total. The molecule has 0 saturated carbocycles. The second-order valence-electron chi connectivity index (χ2n) is 4.99. The van der Waals surface area contributed by atoms with Crippen LogP contribution in [-0.2, 0) is 0 Å². The first-order valence-electron chi connectivity index (χ1n) is 7.32. The number of halogens is 2. The van der Waals surface area contributed by atoms with Gasteiger partial charge in [0.25, 0.3) is 0 Å². The first-order chi connectivity index (χ1) is 11.1. The second kappa shape index (κ2) is 7.92. The Morgan fingerprint density at radius 2 is 1.74 bits per heavy atom. The largest absolute Gasteiger partial charge is 0.206 e. The van der Waals surface area contributed by atoms with Crippen LogP contribution in [0.4, 0.5) is 8.78 Å². The van der Waals surface area contributed by atoms with E-state index in [9.17, 15) is 8.78 Å². The lowest BCUT2D eigenvalue weighted by Gasteiger charge is -1.98. The summed E-state index contributed by atoms with van der Waals surface area (Å²) in [7, 11) is 0. The summed E-state index contributed by atoms with van der Waals surface area (Å²) in [6.07, 6.45) is 5.87. The maximum Gasteiger partial charge on any atom is 0.142 e. The molecule has 0 atom stereocenters. The van der Waals surface area contributed by atoms with Crippen LogP contribution < -0.4 is 0 Å². The van der Waals surface area contributed by atoms with E-state index in [0.717, 1.165) is 18.4 Å². The van der Waals surface area contributed by atoms with Gasteiger partial charge in [-0.3, -0.25) is 0 Å². The number of benzene rings is 2. The van der Waals surface area contributed by atoms with Gasteiger partial charge in [-0.2, -0.15) is 5.26 Å². The van der Waals surface area contributed by atoms with Crippen LogP contribution in [0.2, 0.25) is 0 Å². The van der Waals surface area contributed by atoms with Crippen LogP contribution in [0.15, 0.2) is 42.5 Å². The predicted molar refractivity (Wildman–Crippen MR) is 87.4 cm³/mol. The van der Waals surface area contributed by atoms with Crippen molar-refractivity contribution in [1.29, 1.82) is 5.26 Å². The number of nitrogens with zero attached hydrogens (tertiary/aromatic N) is 1. The molecule has 0 saturated heterocycles. The summed E-state index contributed by atoms with van der Waals surface area (Å²) in [5.41, 5.74) is 1.39. The van der Waals surface area contributed by atoms with E-state index in [1.807, 2.05) is 12.2 Å². The molecule has 2 aromatic rings. The molecule has 2 aromatic carbocycles. The Morgan fingerprint density at radius 3 is 2.39 bits per heavy atom. The third-order valence-electron chi connectivity index (χ3n) is 3.19. The number of hydrogen-bond donors (Lipinski definition) is 0. The van der Waals surface area contributed by atoms with Gasteiger partial charge in [0.1, 0.15) is 17.7 Å². The highest BCUT2D eigenvalue weighted by molar-refractivity contribution is 5.53. The third-order valence-corrected chi connectivity index (χ3v) is 3.19. The van der Waals surface area contributed by atoms with Crippen molar-refractivity contribution in [2.75, 3.05) is 0 Å². The maximum atomic E-state index is 14.0. The minimum Gasteiger partial charge on any atom is -0.206 e. The molecule has 0 heterocycles. The highest BCUT2D eigenvalue weighted by Crippen LogP contribution is 2.13. The van der Waals surface area contributed by atoms with Crippen molar-refractivity contribution < 1.29 is 8.78 Å². The SMILES string of the molecule is CCCC=Cc1ccc(C#Cc2ccc(C#N)c(F)c2)c(F)c1. The molecule has 0 amide bonds. The van der Waals surface area contributed by atoms with E-state index in [4.69, 9.17) is 5.26 Å². The third kappa shape index (κ3) is 4.53. The molecule has 114 valence electrons. The smallest absolute Gasteiger partial charge is 0.142 e. The zero-order chi connectivity index (χ0) is 16.7. The molecule has 2 rings (SSSR count). The van der Waals surface area contributed by atoms with Crippen molar-refractivity contribution in [3.63, 3.8) is 0 Å². The predicted octanol–water partition coefficient (Wildman–Crippen LogP) is 5.05. The van der Waals surface area contributed by atoms with Gasteiger partial charge in [-0.25, -0.2) is 8.78 Å². The Bertz CT molecular complexity index is 833. The second-order valence-corrected chi connectivity index (χ2v) is 4.99. The van der Waals surface area contributed by atoms with Gasteiger partial charge in [0.15, 0.2) is 0 Å². The van der Waals surface area contributed by atoms with Crippen LogP contribution >= 0.6 is 0 Å². The van der Waals surface area contributed by atoms with Crippen molar-refractivity contribution in [2.24, 2.45) is 0 Å². The number of allylic oxidation sites excluding steroid dienone is 1. The molecule has 0 aromatic heterocycles. The van der Waals surface area contributed by atoms with Gasteiger partial charge in [0.05, 0.1) is 11.1 Å². The Balaban J connectivity index is 2.21. The molecule has 0 N–H and O–H groups in total. The van der Waals surface area contributed by atoms with E-state index in [2.05, 4.69) is 18.8 Å². The number of unbranched alkanes of at least 4 members (excludes halogenated alkanes) is 1. The van der Waals surface area contributed by atoms with Crippen molar-refractivity contribution in [2.45, 2.75) is 19.8 Å². The van der Waals surface area contributed by atoms with Gasteiger partial charge in [-0.15, -0.1) is 0 Å². The van der Waals surface area contributed by atoms with Gasteiger partial charge in [-0.1, -0.05) is 43.4 Å². The van der Waals surface area contributed by atoms with E-state index in [-0.39, 0.29) is 11.1 Å². The maximum absolute atomic E-state index is 14.0. The fourth-order valence-electron chi connectivity index (χ4n) is 1.95. The lowest BCUT2D eigenvalue weighted by molar-refractivity contribution is 0.623. The Hall–Kier alpha value is -2.91. The summed E-state index contributed by atoms with van der Waals surface area (Å²) < 4.78 is 27.5. The van der Waals surface area contributed by atoms with Crippen molar-refractivity contribution >= 4 is 6.08 Å². The molecule has 0 bridgehead atoms. The summed E-state index contributed by atoms with van der Waals surface area (Å²) in [6, 6.07) is 10.6. The zero-order valence-electron chi connectivity index (χ0n) is 12.7. The minimum atomic E-state index is -0.629. The van der Waals surface area contributed by atoms with Gasteiger partial charge in [0, 0.05) is 5.56 Å². The highest BCUT2D eigenvalue weighted by atomic mass is 19.1. The normalized spacial score (nSPS) is 10.2. The summed E-state index contributed by atoms with van der Waals surface area (Å²) in [5.74, 6) is 4.36. The average Bonchev–Trinajstić information content (AvgIpc) is 2.54. The number of hydrogen-bond acceptors (Lipinski definition) is 1. The zero-order valence-corrected chi connectivity index (χ0v) is 12.7. The molecule has 0 aliphatic carbocycles. The molecule has 0 aliphatic heterocycles. The summed E-state index contributed by atoms with van der Waals surface area (Å²) >= 11 is 0. The average molecular weight is 307 g/mol. The molecule has 23 heavy (non-hydrogen) atoms. The van der Waals surface area contributed by atoms with Crippen LogP contribution in [0.5, 0.6) is 0 Å². The molecule has 0 fully saturated rings. The van der Waals surface area contributed by atoms with Crippen molar-refractivity contribution in [1.82, 2.24) is 0 Å². The minimum absolute atomic E-state index is 0.0371. The molecular formula is C20H15F2N. The molecular weight excluding hydrogens is 292 g/mol. The van der Waals surface area contributed by atoms with Crippen LogP contribution in [0.25, 0.3) is 6.08 Å². The van der Waals surface area contributed by atoms with Gasteiger partial charge in [0.2, 0.25) is 0 Å². The first-order valence-corrected chi connectivity index (χ1v) is 7.32. The van der Waals surface area contributed by atoms with Crippen LogP contribution in [0, 0.1) is 34.8 Å². The summed E-state index contributed by atoms with van der Waals surface area (Å²) in [6.45, 7) is 2.08. The lowest BCUT2D eigenvalue weighted by Crippen LogP contribution is -1.87. The number of rotatable bonds is 3. The Kier molecular flexibility index (Phi) is 5.67. The van der Waals surface area contributed by atoms with Crippen LogP contribution in [0.3, 0.4) is 0 Å². The van der Waals surface area contributed by atoms with Gasteiger partial charge >= 0.3 is 0 Å². The Labute approximate surface area is 134 Å². The quantitative estimate of drug-likeness (QED) is 0.728.